The Morgan fingerprint density at radius 3 is 2.53 bits per heavy atom. The molecule has 1 aromatic rings. The fraction of sp³-hybridized carbons (Fsp3) is 0.467. The standard InChI is InChI=1S/C15H19NO3/c1-9-5-6-10(2)12(7-9)16-13(17)8-11(14(18)19)15(16,3)4/h5-7,11H,8H2,1-4H3,(H,18,19). The molecule has 1 atom stereocenters. The minimum Gasteiger partial charge on any atom is -0.481 e. The van der Waals surface area contributed by atoms with Crippen LogP contribution in [0.1, 0.15) is 31.4 Å². The Labute approximate surface area is 113 Å². The van der Waals surface area contributed by atoms with Crippen LogP contribution in [0.3, 0.4) is 0 Å². The molecule has 0 bridgehead atoms. The Bertz CT molecular complexity index is 548. The average Bonchev–Trinajstić information content (AvgIpc) is 2.53. The lowest BCUT2D eigenvalue weighted by molar-refractivity contribution is -0.143. The molecule has 4 nitrogen and oxygen atoms in total. The third-order valence-corrected chi connectivity index (χ3v) is 3.96. The number of anilines is 1. The maximum atomic E-state index is 12.2. The second-order valence-electron chi connectivity index (χ2n) is 5.77. The first-order valence-electron chi connectivity index (χ1n) is 6.38. The van der Waals surface area contributed by atoms with Gasteiger partial charge in [-0.1, -0.05) is 12.1 Å². The van der Waals surface area contributed by atoms with E-state index < -0.39 is 17.4 Å². The summed E-state index contributed by atoms with van der Waals surface area (Å²) in [5, 5.41) is 9.28. The van der Waals surface area contributed by atoms with Gasteiger partial charge >= 0.3 is 5.97 Å². The van der Waals surface area contributed by atoms with Crippen LogP contribution in [-0.2, 0) is 9.59 Å². The number of carboxylic acid groups (broad SMARTS) is 1. The molecule has 1 unspecified atom stereocenters. The summed E-state index contributed by atoms with van der Waals surface area (Å²) in [6, 6.07) is 5.89. The third kappa shape index (κ3) is 2.11. The number of rotatable bonds is 2. The summed E-state index contributed by atoms with van der Waals surface area (Å²) in [6.45, 7) is 7.54. The smallest absolute Gasteiger partial charge is 0.309 e. The lowest BCUT2D eigenvalue weighted by Gasteiger charge is -2.35. The van der Waals surface area contributed by atoms with Crippen LogP contribution in [0.5, 0.6) is 0 Å². The first-order valence-corrected chi connectivity index (χ1v) is 6.38. The first kappa shape index (κ1) is 13.6. The van der Waals surface area contributed by atoms with Crippen LogP contribution in [0.15, 0.2) is 18.2 Å². The highest BCUT2D eigenvalue weighted by Crippen LogP contribution is 2.40. The van der Waals surface area contributed by atoms with Crippen LogP contribution >= 0.6 is 0 Å². The molecule has 1 amide bonds. The van der Waals surface area contributed by atoms with Gasteiger partial charge in [-0.2, -0.15) is 0 Å². The number of carbonyl (C=O) groups is 2. The van der Waals surface area contributed by atoms with Crippen molar-refractivity contribution >= 4 is 17.6 Å². The number of hydrogen-bond donors (Lipinski definition) is 1. The summed E-state index contributed by atoms with van der Waals surface area (Å²) in [7, 11) is 0. The van der Waals surface area contributed by atoms with E-state index in [-0.39, 0.29) is 12.3 Å². The Morgan fingerprint density at radius 2 is 2.00 bits per heavy atom. The zero-order valence-corrected chi connectivity index (χ0v) is 11.7. The molecule has 4 heteroatoms. The maximum absolute atomic E-state index is 12.2. The first-order chi connectivity index (χ1) is 8.75. The molecule has 1 aromatic carbocycles. The quantitative estimate of drug-likeness (QED) is 0.890. The number of amides is 1. The van der Waals surface area contributed by atoms with Gasteiger partial charge < -0.3 is 10.0 Å². The van der Waals surface area contributed by atoms with Gasteiger partial charge in [0.15, 0.2) is 0 Å². The maximum Gasteiger partial charge on any atom is 0.309 e. The van der Waals surface area contributed by atoms with Crippen molar-refractivity contribution in [2.45, 2.75) is 39.7 Å². The molecular formula is C15H19NO3. The van der Waals surface area contributed by atoms with E-state index in [2.05, 4.69) is 0 Å². The zero-order valence-electron chi connectivity index (χ0n) is 11.7. The van der Waals surface area contributed by atoms with Crippen LogP contribution < -0.4 is 4.90 Å². The second kappa shape index (κ2) is 4.37. The number of nitrogens with zero attached hydrogens (tertiary/aromatic N) is 1. The SMILES string of the molecule is Cc1ccc(C)c(N2C(=O)CC(C(=O)O)C2(C)C)c1. The van der Waals surface area contributed by atoms with Crippen molar-refractivity contribution in [3.8, 4) is 0 Å². The minimum absolute atomic E-state index is 0.0652. The van der Waals surface area contributed by atoms with E-state index in [9.17, 15) is 14.7 Å². The molecule has 0 saturated carbocycles. The number of hydrogen-bond acceptors (Lipinski definition) is 2. The van der Waals surface area contributed by atoms with Crippen LogP contribution in [0.4, 0.5) is 5.69 Å². The van der Waals surface area contributed by atoms with Gasteiger partial charge in [0.05, 0.1) is 11.5 Å². The van der Waals surface area contributed by atoms with E-state index in [0.29, 0.717) is 0 Å². The molecule has 1 fully saturated rings. The third-order valence-electron chi connectivity index (χ3n) is 3.96. The van der Waals surface area contributed by atoms with Gasteiger partial charge in [-0.15, -0.1) is 0 Å². The highest BCUT2D eigenvalue weighted by atomic mass is 16.4. The molecule has 1 saturated heterocycles. The van der Waals surface area contributed by atoms with Crippen LogP contribution in [0.25, 0.3) is 0 Å². The van der Waals surface area contributed by atoms with Crippen molar-refractivity contribution < 1.29 is 14.7 Å². The van der Waals surface area contributed by atoms with Crippen molar-refractivity contribution in [3.05, 3.63) is 29.3 Å². The van der Waals surface area contributed by atoms with Crippen LogP contribution in [-0.4, -0.2) is 22.5 Å². The van der Waals surface area contributed by atoms with Gasteiger partial charge in [-0.25, -0.2) is 0 Å². The van der Waals surface area contributed by atoms with Crippen molar-refractivity contribution in [1.29, 1.82) is 0 Å². The fourth-order valence-corrected chi connectivity index (χ4v) is 2.79. The van der Waals surface area contributed by atoms with E-state index in [1.54, 1.807) is 4.90 Å². The fourth-order valence-electron chi connectivity index (χ4n) is 2.79. The largest absolute Gasteiger partial charge is 0.481 e. The van der Waals surface area contributed by atoms with E-state index in [1.165, 1.54) is 0 Å². The average molecular weight is 261 g/mol. The molecule has 0 radical (unpaired) electrons. The molecule has 1 heterocycles. The van der Waals surface area contributed by atoms with Gasteiger partial charge in [-0.05, 0) is 44.9 Å². The van der Waals surface area contributed by atoms with Gasteiger partial charge in [0, 0.05) is 12.1 Å². The van der Waals surface area contributed by atoms with Crippen LogP contribution in [0, 0.1) is 19.8 Å². The lowest BCUT2D eigenvalue weighted by Crippen LogP contribution is -2.46. The highest BCUT2D eigenvalue weighted by molar-refractivity contribution is 6.02. The van der Waals surface area contributed by atoms with Crippen molar-refractivity contribution in [1.82, 2.24) is 0 Å². The molecule has 2 rings (SSSR count). The van der Waals surface area contributed by atoms with E-state index in [0.717, 1.165) is 16.8 Å². The van der Waals surface area contributed by atoms with Crippen molar-refractivity contribution in [2.24, 2.45) is 5.92 Å². The Balaban J connectivity index is 2.52. The Kier molecular flexibility index (Phi) is 3.12. The number of carbonyl (C=O) groups excluding carboxylic acids is 1. The van der Waals surface area contributed by atoms with Gasteiger partial charge in [0.25, 0.3) is 0 Å². The minimum atomic E-state index is -0.911. The summed E-state index contributed by atoms with van der Waals surface area (Å²) in [4.78, 5) is 25.2. The summed E-state index contributed by atoms with van der Waals surface area (Å²) in [5.74, 6) is -1.70. The van der Waals surface area contributed by atoms with Gasteiger partial charge in [0.2, 0.25) is 5.91 Å². The van der Waals surface area contributed by atoms with E-state index in [1.807, 2.05) is 45.9 Å². The summed E-state index contributed by atoms with van der Waals surface area (Å²) < 4.78 is 0. The predicted octanol–water partition coefficient (Wildman–Crippen LogP) is 2.52. The normalized spacial score (nSPS) is 21.8. The van der Waals surface area contributed by atoms with Gasteiger partial charge in [-0.3, -0.25) is 9.59 Å². The van der Waals surface area contributed by atoms with Crippen molar-refractivity contribution in [2.75, 3.05) is 4.90 Å². The lowest BCUT2D eigenvalue weighted by atomic mass is 9.88. The molecule has 0 aliphatic carbocycles. The number of aliphatic carboxylic acids is 1. The second-order valence-corrected chi connectivity index (χ2v) is 5.77. The van der Waals surface area contributed by atoms with Crippen LogP contribution in [0.2, 0.25) is 0 Å². The molecule has 0 aromatic heterocycles. The molecule has 1 N–H and O–H groups in total. The molecule has 1 aliphatic heterocycles. The van der Waals surface area contributed by atoms with Gasteiger partial charge in [0.1, 0.15) is 0 Å². The Hall–Kier alpha value is -1.84. The number of aryl methyl sites for hydroxylation is 2. The van der Waals surface area contributed by atoms with E-state index in [4.69, 9.17) is 0 Å². The predicted molar refractivity (Wildman–Crippen MR) is 73.2 cm³/mol. The molecular weight excluding hydrogens is 242 g/mol. The van der Waals surface area contributed by atoms with Crippen molar-refractivity contribution in [3.63, 3.8) is 0 Å². The Morgan fingerprint density at radius 1 is 1.37 bits per heavy atom. The summed E-state index contributed by atoms with van der Waals surface area (Å²) in [5.41, 5.74) is 2.15. The monoisotopic (exact) mass is 261 g/mol. The summed E-state index contributed by atoms with van der Waals surface area (Å²) >= 11 is 0. The summed E-state index contributed by atoms with van der Waals surface area (Å²) in [6.07, 6.45) is 0.0652. The number of benzene rings is 1. The molecule has 1 aliphatic rings. The highest BCUT2D eigenvalue weighted by Gasteiger charge is 2.50. The van der Waals surface area contributed by atoms with E-state index >= 15 is 0 Å². The topological polar surface area (TPSA) is 57.6 Å². The molecule has 19 heavy (non-hydrogen) atoms. The molecule has 102 valence electrons. The zero-order chi connectivity index (χ0) is 14.4. The number of carboxylic acids is 1. The molecule has 0 spiro atoms.